The van der Waals surface area contributed by atoms with Gasteiger partial charge in [0.15, 0.2) is 0 Å². The minimum absolute atomic E-state index is 1.02. The van der Waals surface area contributed by atoms with Gasteiger partial charge in [-0.15, -0.1) is 0 Å². The third-order valence-electron chi connectivity index (χ3n) is 3.18. The van der Waals surface area contributed by atoms with Crippen LogP contribution in [0.5, 0.6) is 0 Å². The normalized spacial score (nSPS) is 10.9. The van der Waals surface area contributed by atoms with Crippen LogP contribution in [0.2, 0.25) is 0 Å². The van der Waals surface area contributed by atoms with Crippen LogP contribution in [0.25, 0.3) is 0 Å². The van der Waals surface area contributed by atoms with Crippen LogP contribution in [0.1, 0.15) is 25.0 Å². The molecular formula is C16H19OP. The zero-order valence-electron chi connectivity index (χ0n) is 10.9. The standard InChI is InChI=1S/C16H19OP/c1-3-13-5-9-15(10-6-13)18(17)16-11-7-14(4-2)8-12-16/h5-12,17H,3-4H2,1-2H3. The maximum Gasteiger partial charge on any atom is 0.0877 e. The molecule has 2 aromatic carbocycles. The number of benzene rings is 2. The van der Waals surface area contributed by atoms with Gasteiger partial charge in [0.05, 0.1) is 8.15 Å². The molecule has 0 radical (unpaired) electrons. The van der Waals surface area contributed by atoms with Crippen molar-refractivity contribution in [3.8, 4) is 0 Å². The molecule has 0 bridgehead atoms. The maximum absolute atomic E-state index is 10.4. The minimum atomic E-state index is -1.21. The predicted octanol–water partition coefficient (Wildman–Crippen LogP) is 3.15. The second kappa shape index (κ2) is 6.13. The molecule has 2 aromatic rings. The van der Waals surface area contributed by atoms with E-state index in [1.54, 1.807) is 0 Å². The van der Waals surface area contributed by atoms with Crippen molar-refractivity contribution in [2.45, 2.75) is 26.7 Å². The zero-order chi connectivity index (χ0) is 13.0. The molecule has 2 rings (SSSR count). The summed E-state index contributed by atoms with van der Waals surface area (Å²) in [6, 6.07) is 16.6. The van der Waals surface area contributed by atoms with Gasteiger partial charge < -0.3 is 4.89 Å². The molecule has 0 amide bonds. The predicted molar refractivity (Wildman–Crippen MR) is 80.0 cm³/mol. The maximum atomic E-state index is 10.4. The summed E-state index contributed by atoms with van der Waals surface area (Å²) in [6.07, 6.45) is 2.07. The largest absolute Gasteiger partial charge is 0.364 e. The first-order valence-corrected chi connectivity index (χ1v) is 7.71. The topological polar surface area (TPSA) is 20.2 Å². The summed E-state index contributed by atoms with van der Waals surface area (Å²) in [5.41, 5.74) is 2.62. The van der Waals surface area contributed by atoms with Crippen molar-refractivity contribution in [2.75, 3.05) is 0 Å². The molecule has 1 N–H and O–H groups in total. The van der Waals surface area contributed by atoms with Crippen LogP contribution in [0, 0.1) is 0 Å². The Balaban J connectivity index is 2.20. The van der Waals surface area contributed by atoms with Gasteiger partial charge in [-0.05, 0) is 24.0 Å². The van der Waals surface area contributed by atoms with Crippen molar-refractivity contribution >= 4 is 18.8 Å². The van der Waals surface area contributed by atoms with Gasteiger partial charge in [-0.25, -0.2) is 0 Å². The third-order valence-corrected chi connectivity index (χ3v) is 4.75. The first-order valence-electron chi connectivity index (χ1n) is 6.41. The first kappa shape index (κ1) is 13.3. The van der Waals surface area contributed by atoms with E-state index in [0.29, 0.717) is 0 Å². The summed E-state index contributed by atoms with van der Waals surface area (Å²) in [4.78, 5) is 10.4. The molecule has 0 saturated carbocycles. The van der Waals surface area contributed by atoms with Crippen molar-refractivity contribution < 1.29 is 4.89 Å². The Kier molecular flexibility index (Phi) is 4.52. The van der Waals surface area contributed by atoms with Gasteiger partial charge in [0.2, 0.25) is 0 Å². The second-order valence-corrected chi connectivity index (χ2v) is 6.01. The quantitative estimate of drug-likeness (QED) is 0.835. The molecule has 2 heteroatoms. The van der Waals surface area contributed by atoms with Gasteiger partial charge in [-0.1, -0.05) is 62.4 Å². The van der Waals surface area contributed by atoms with Crippen molar-refractivity contribution in [2.24, 2.45) is 0 Å². The highest BCUT2D eigenvalue weighted by atomic mass is 31.1. The summed E-state index contributed by atoms with van der Waals surface area (Å²) in [7, 11) is -1.21. The van der Waals surface area contributed by atoms with Crippen molar-refractivity contribution in [3.05, 3.63) is 59.7 Å². The number of aryl methyl sites for hydroxylation is 2. The lowest BCUT2D eigenvalue weighted by molar-refractivity contribution is 0.644. The van der Waals surface area contributed by atoms with Crippen LogP contribution in [-0.4, -0.2) is 4.89 Å². The van der Waals surface area contributed by atoms with E-state index in [9.17, 15) is 4.89 Å². The van der Waals surface area contributed by atoms with Crippen LogP contribution in [0.3, 0.4) is 0 Å². The van der Waals surface area contributed by atoms with Crippen LogP contribution in [-0.2, 0) is 12.8 Å². The molecule has 0 atom stereocenters. The zero-order valence-corrected chi connectivity index (χ0v) is 11.8. The molecule has 0 aromatic heterocycles. The fourth-order valence-corrected chi connectivity index (χ4v) is 3.06. The van der Waals surface area contributed by atoms with Crippen LogP contribution in [0.15, 0.2) is 48.5 Å². The fraction of sp³-hybridized carbons (Fsp3) is 0.250. The Labute approximate surface area is 110 Å². The fourth-order valence-electron chi connectivity index (χ4n) is 1.89. The van der Waals surface area contributed by atoms with Gasteiger partial charge in [0.1, 0.15) is 0 Å². The molecule has 0 saturated heterocycles. The van der Waals surface area contributed by atoms with E-state index >= 15 is 0 Å². The Morgan fingerprint density at radius 2 is 1.06 bits per heavy atom. The van der Waals surface area contributed by atoms with E-state index < -0.39 is 8.15 Å². The molecule has 0 spiro atoms. The molecule has 1 nitrogen and oxygen atoms in total. The summed E-state index contributed by atoms with van der Waals surface area (Å²) >= 11 is 0. The van der Waals surface area contributed by atoms with E-state index in [0.717, 1.165) is 23.5 Å². The SMILES string of the molecule is CCc1ccc(P(O)c2ccc(CC)cc2)cc1. The molecule has 0 aliphatic carbocycles. The lowest BCUT2D eigenvalue weighted by Gasteiger charge is -2.12. The molecule has 0 aliphatic heterocycles. The van der Waals surface area contributed by atoms with Crippen LogP contribution in [0.4, 0.5) is 0 Å². The monoisotopic (exact) mass is 258 g/mol. The highest BCUT2D eigenvalue weighted by Crippen LogP contribution is 2.27. The van der Waals surface area contributed by atoms with Crippen molar-refractivity contribution in [1.29, 1.82) is 0 Å². The summed E-state index contributed by atoms with van der Waals surface area (Å²) in [5.74, 6) is 0. The first-order chi connectivity index (χ1) is 8.74. The van der Waals surface area contributed by atoms with E-state index in [1.807, 2.05) is 24.3 Å². The molecule has 94 valence electrons. The highest BCUT2D eigenvalue weighted by Gasteiger charge is 2.10. The van der Waals surface area contributed by atoms with Gasteiger partial charge >= 0.3 is 0 Å². The summed E-state index contributed by atoms with van der Waals surface area (Å²) < 4.78 is 0. The molecule has 0 unspecified atom stereocenters. The number of rotatable bonds is 4. The second-order valence-electron chi connectivity index (χ2n) is 4.35. The molecule has 18 heavy (non-hydrogen) atoms. The van der Waals surface area contributed by atoms with Crippen LogP contribution < -0.4 is 10.6 Å². The van der Waals surface area contributed by atoms with Crippen LogP contribution >= 0.6 is 8.15 Å². The summed E-state index contributed by atoms with van der Waals surface area (Å²) in [6.45, 7) is 4.28. The lowest BCUT2D eigenvalue weighted by atomic mass is 10.2. The lowest BCUT2D eigenvalue weighted by Crippen LogP contribution is -2.11. The average Bonchev–Trinajstić information content (AvgIpc) is 2.47. The van der Waals surface area contributed by atoms with E-state index in [4.69, 9.17) is 0 Å². The van der Waals surface area contributed by atoms with Gasteiger partial charge in [-0.3, -0.25) is 0 Å². The van der Waals surface area contributed by atoms with Gasteiger partial charge in [0, 0.05) is 10.6 Å². The van der Waals surface area contributed by atoms with Crippen molar-refractivity contribution in [1.82, 2.24) is 0 Å². The summed E-state index contributed by atoms with van der Waals surface area (Å²) in [5, 5.41) is 2.04. The Bertz CT molecular complexity index is 440. The minimum Gasteiger partial charge on any atom is -0.364 e. The Hall–Kier alpha value is -1.17. The highest BCUT2D eigenvalue weighted by molar-refractivity contribution is 7.67. The Morgan fingerprint density at radius 1 is 0.722 bits per heavy atom. The average molecular weight is 258 g/mol. The van der Waals surface area contributed by atoms with E-state index in [-0.39, 0.29) is 0 Å². The van der Waals surface area contributed by atoms with Crippen molar-refractivity contribution in [3.63, 3.8) is 0 Å². The smallest absolute Gasteiger partial charge is 0.0877 e. The molecule has 0 heterocycles. The van der Waals surface area contributed by atoms with Gasteiger partial charge in [-0.2, -0.15) is 0 Å². The molecular weight excluding hydrogens is 239 g/mol. The molecule has 0 fully saturated rings. The Morgan fingerprint density at radius 3 is 1.33 bits per heavy atom. The molecule has 0 aliphatic rings. The third kappa shape index (κ3) is 2.98. The number of hydrogen-bond acceptors (Lipinski definition) is 1. The van der Waals surface area contributed by atoms with Gasteiger partial charge in [0.25, 0.3) is 0 Å². The van der Waals surface area contributed by atoms with E-state index in [1.165, 1.54) is 11.1 Å². The van der Waals surface area contributed by atoms with E-state index in [2.05, 4.69) is 38.1 Å². The number of hydrogen-bond donors (Lipinski definition) is 1.